The van der Waals surface area contributed by atoms with Crippen molar-refractivity contribution in [3.05, 3.63) is 64.7 Å². The minimum absolute atomic E-state index is 0.108. The molecule has 0 radical (unpaired) electrons. The summed E-state index contributed by atoms with van der Waals surface area (Å²) in [6.45, 7) is 0.893. The van der Waals surface area contributed by atoms with E-state index >= 15 is 0 Å². The number of hydrogen-bond acceptors (Lipinski definition) is 7. The number of rotatable bonds is 7. The molecule has 0 aromatic carbocycles. The Morgan fingerprint density at radius 3 is 2.65 bits per heavy atom. The summed E-state index contributed by atoms with van der Waals surface area (Å²) in [4.78, 5) is 24.0. The highest BCUT2D eigenvalue weighted by Gasteiger charge is 2.07. The SMILES string of the molecule is COCCOc1ncc(-c2ccc(=O)n(Cc3cncc(F)c3)n2)cn1. The molecule has 8 nitrogen and oxygen atoms in total. The molecule has 3 rings (SSSR count). The van der Waals surface area contributed by atoms with Crippen LogP contribution in [-0.4, -0.2) is 45.1 Å². The second kappa shape index (κ2) is 8.26. The first-order valence-electron chi connectivity index (χ1n) is 7.77. The molecule has 3 aromatic rings. The van der Waals surface area contributed by atoms with Crippen LogP contribution in [0.15, 0.2) is 47.8 Å². The molecule has 0 saturated heterocycles. The fourth-order valence-corrected chi connectivity index (χ4v) is 2.17. The average Bonchev–Trinajstić information content (AvgIpc) is 2.64. The first kappa shape index (κ1) is 17.6. The maximum absolute atomic E-state index is 13.3. The van der Waals surface area contributed by atoms with Crippen LogP contribution in [0.5, 0.6) is 6.01 Å². The highest BCUT2D eigenvalue weighted by Crippen LogP contribution is 2.15. The smallest absolute Gasteiger partial charge is 0.316 e. The molecule has 0 N–H and O–H groups in total. The van der Waals surface area contributed by atoms with Gasteiger partial charge in [-0.3, -0.25) is 9.78 Å². The van der Waals surface area contributed by atoms with Crippen molar-refractivity contribution in [1.29, 1.82) is 0 Å². The molecule has 0 aliphatic rings. The van der Waals surface area contributed by atoms with Crippen molar-refractivity contribution < 1.29 is 13.9 Å². The van der Waals surface area contributed by atoms with E-state index in [-0.39, 0.29) is 18.1 Å². The number of methoxy groups -OCH3 is 1. The molecule has 26 heavy (non-hydrogen) atoms. The van der Waals surface area contributed by atoms with E-state index in [0.29, 0.717) is 30.0 Å². The van der Waals surface area contributed by atoms with E-state index < -0.39 is 5.82 Å². The van der Waals surface area contributed by atoms with Crippen LogP contribution in [0.1, 0.15) is 5.56 Å². The Morgan fingerprint density at radius 1 is 1.12 bits per heavy atom. The lowest BCUT2D eigenvalue weighted by atomic mass is 10.2. The van der Waals surface area contributed by atoms with Crippen LogP contribution in [0.3, 0.4) is 0 Å². The number of ether oxygens (including phenoxy) is 2. The maximum atomic E-state index is 13.3. The fourth-order valence-electron chi connectivity index (χ4n) is 2.17. The Labute approximate surface area is 148 Å². The number of halogens is 1. The van der Waals surface area contributed by atoms with E-state index in [4.69, 9.17) is 9.47 Å². The van der Waals surface area contributed by atoms with Gasteiger partial charge in [-0.2, -0.15) is 5.10 Å². The van der Waals surface area contributed by atoms with Gasteiger partial charge in [0, 0.05) is 37.3 Å². The summed E-state index contributed by atoms with van der Waals surface area (Å²) >= 11 is 0. The summed E-state index contributed by atoms with van der Waals surface area (Å²) in [5, 5.41) is 4.29. The number of nitrogens with zero attached hydrogens (tertiary/aromatic N) is 5. The Morgan fingerprint density at radius 2 is 1.92 bits per heavy atom. The van der Waals surface area contributed by atoms with Crippen LogP contribution >= 0.6 is 0 Å². The monoisotopic (exact) mass is 357 g/mol. The predicted octanol–water partition coefficient (Wildman–Crippen LogP) is 1.31. The zero-order valence-electron chi connectivity index (χ0n) is 14.0. The average molecular weight is 357 g/mol. The number of hydrogen-bond donors (Lipinski definition) is 0. The van der Waals surface area contributed by atoms with Crippen molar-refractivity contribution in [1.82, 2.24) is 24.7 Å². The summed E-state index contributed by atoms with van der Waals surface area (Å²) in [5.74, 6) is -0.468. The van der Waals surface area contributed by atoms with E-state index in [9.17, 15) is 9.18 Å². The second-order valence-electron chi connectivity index (χ2n) is 5.32. The van der Waals surface area contributed by atoms with E-state index in [0.717, 1.165) is 6.20 Å². The largest absolute Gasteiger partial charge is 0.461 e. The lowest BCUT2D eigenvalue weighted by Gasteiger charge is -2.08. The summed E-state index contributed by atoms with van der Waals surface area (Å²) in [6, 6.07) is 4.50. The van der Waals surface area contributed by atoms with Gasteiger partial charge in [-0.05, 0) is 17.7 Å². The third-order valence-electron chi connectivity index (χ3n) is 3.40. The van der Waals surface area contributed by atoms with Crippen molar-refractivity contribution in [2.45, 2.75) is 6.54 Å². The maximum Gasteiger partial charge on any atom is 0.316 e. The van der Waals surface area contributed by atoms with Crippen LogP contribution < -0.4 is 10.3 Å². The molecule has 3 aromatic heterocycles. The Kier molecular flexibility index (Phi) is 5.59. The van der Waals surface area contributed by atoms with Gasteiger partial charge in [0.2, 0.25) is 0 Å². The van der Waals surface area contributed by atoms with Gasteiger partial charge >= 0.3 is 6.01 Å². The van der Waals surface area contributed by atoms with E-state index in [2.05, 4.69) is 20.1 Å². The lowest BCUT2D eigenvalue weighted by molar-refractivity contribution is 0.141. The minimum Gasteiger partial charge on any atom is -0.461 e. The zero-order valence-corrected chi connectivity index (χ0v) is 14.0. The normalized spacial score (nSPS) is 10.7. The van der Waals surface area contributed by atoms with Crippen molar-refractivity contribution in [3.63, 3.8) is 0 Å². The lowest BCUT2D eigenvalue weighted by Crippen LogP contribution is -2.23. The molecule has 0 bridgehead atoms. The summed E-state index contributed by atoms with van der Waals surface area (Å²) in [6.07, 6.45) is 5.69. The molecule has 0 atom stereocenters. The second-order valence-corrected chi connectivity index (χ2v) is 5.32. The van der Waals surface area contributed by atoms with E-state index in [1.165, 1.54) is 23.0 Å². The fraction of sp³-hybridized carbons (Fsp3) is 0.235. The minimum atomic E-state index is -0.468. The van der Waals surface area contributed by atoms with Crippen molar-refractivity contribution in [3.8, 4) is 17.3 Å². The molecule has 0 aliphatic carbocycles. The van der Waals surface area contributed by atoms with Crippen molar-refractivity contribution in [2.75, 3.05) is 20.3 Å². The number of pyridine rings is 1. The highest BCUT2D eigenvalue weighted by molar-refractivity contribution is 5.55. The molecule has 0 amide bonds. The van der Waals surface area contributed by atoms with Gasteiger partial charge in [-0.15, -0.1) is 0 Å². The predicted molar refractivity (Wildman–Crippen MR) is 90.2 cm³/mol. The number of aromatic nitrogens is 5. The highest BCUT2D eigenvalue weighted by atomic mass is 19.1. The van der Waals surface area contributed by atoms with Crippen LogP contribution in [0.25, 0.3) is 11.3 Å². The Hall–Kier alpha value is -3.20. The third-order valence-corrected chi connectivity index (χ3v) is 3.40. The molecule has 134 valence electrons. The molecule has 0 unspecified atom stereocenters. The van der Waals surface area contributed by atoms with Crippen LogP contribution in [-0.2, 0) is 11.3 Å². The first-order valence-corrected chi connectivity index (χ1v) is 7.77. The first-order chi connectivity index (χ1) is 12.7. The third kappa shape index (κ3) is 4.45. The van der Waals surface area contributed by atoms with Crippen molar-refractivity contribution >= 4 is 0 Å². The van der Waals surface area contributed by atoms with Crippen LogP contribution in [0.4, 0.5) is 4.39 Å². The quantitative estimate of drug-likeness (QED) is 0.589. The van der Waals surface area contributed by atoms with Gasteiger partial charge in [0.1, 0.15) is 12.4 Å². The van der Waals surface area contributed by atoms with Crippen LogP contribution in [0.2, 0.25) is 0 Å². The molecule has 0 aliphatic heterocycles. The molecule has 0 saturated carbocycles. The zero-order chi connectivity index (χ0) is 18.4. The summed E-state index contributed by atoms with van der Waals surface area (Å²) < 4.78 is 24.7. The van der Waals surface area contributed by atoms with Gasteiger partial charge in [-0.25, -0.2) is 19.0 Å². The summed E-state index contributed by atoms with van der Waals surface area (Å²) in [5.41, 5.74) is 1.36. The van der Waals surface area contributed by atoms with Gasteiger partial charge in [0.25, 0.3) is 5.56 Å². The molecular formula is C17H16FN5O3. The van der Waals surface area contributed by atoms with Gasteiger partial charge in [0.15, 0.2) is 0 Å². The molecule has 9 heteroatoms. The molecule has 3 heterocycles. The molecular weight excluding hydrogens is 341 g/mol. The Balaban J connectivity index is 1.79. The summed E-state index contributed by atoms with van der Waals surface area (Å²) in [7, 11) is 1.58. The van der Waals surface area contributed by atoms with Gasteiger partial charge < -0.3 is 9.47 Å². The van der Waals surface area contributed by atoms with Crippen LogP contribution in [0, 0.1) is 5.82 Å². The Bertz CT molecular complexity index is 930. The van der Waals surface area contributed by atoms with Gasteiger partial charge in [-0.1, -0.05) is 0 Å². The van der Waals surface area contributed by atoms with Crippen molar-refractivity contribution in [2.24, 2.45) is 0 Å². The van der Waals surface area contributed by atoms with E-state index in [1.807, 2.05) is 0 Å². The van der Waals surface area contributed by atoms with Gasteiger partial charge in [0.05, 0.1) is 25.0 Å². The molecule has 0 fully saturated rings. The standard InChI is InChI=1S/C17H16FN5O3/c1-25-4-5-26-17-20-8-13(9-21-17)15-2-3-16(24)23(22-15)11-12-6-14(18)10-19-7-12/h2-3,6-10H,4-5,11H2,1H3. The molecule has 0 spiro atoms. The topological polar surface area (TPSA) is 92.0 Å². The van der Waals surface area contributed by atoms with E-state index in [1.54, 1.807) is 25.6 Å².